The quantitative estimate of drug-likeness (QED) is 0.536. The molecule has 1 aliphatic heterocycles. The second kappa shape index (κ2) is 3.81. The second-order valence-corrected chi connectivity index (χ2v) is 4.14. The van der Waals surface area contributed by atoms with E-state index >= 15 is 0 Å². The summed E-state index contributed by atoms with van der Waals surface area (Å²) in [4.78, 5) is 12.6. The zero-order chi connectivity index (χ0) is 11.6. The third kappa shape index (κ3) is 2.62. The number of hydrogen-bond donors (Lipinski definition) is 1. The van der Waals surface area contributed by atoms with Gasteiger partial charge < -0.3 is 5.73 Å². The van der Waals surface area contributed by atoms with Gasteiger partial charge in [0, 0.05) is 6.04 Å². The Morgan fingerprint density at radius 2 is 2.07 bits per heavy atom. The van der Waals surface area contributed by atoms with E-state index in [1.165, 1.54) is 0 Å². The molecular weight excluding hydrogens is 190 g/mol. The highest BCUT2D eigenvalue weighted by atomic mass is 15.1. The molecule has 0 amide bonds. The second-order valence-electron chi connectivity index (χ2n) is 4.14. The summed E-state index contributed by atoms with van der Waals surface area (Å²) in [5, 5.41) is 8.88. The van der Waals surface area contributed by atoms with Crippen molar-refractivity contribution in [2.75, 3.05) is 0 Å². The van der Waals surface area contributed by atoms with E-state index in [0.717, 1.165) is 0 Å². The Labute approximate surface area is 89.4 Å². The molecule has 80 valence electrons. The van der Waals surface area contributed by atoms with E-state index in [0.29, 0.717) is 5.71 Å². The molecule has 0 saturated carbocycles. The lowest BCUT2D eigenvalue weighted by atomic mass is 10.2. The molecule has 0 aromatic heterocycles. The number of nitrogens with two attached hydrogens (primary N) is 1. The minimum Gasteiger partial charge on any atom is -0.382 e. The van der Waals surface area contributed by atoms with Crippen LogP contribution in [0.3, 0.4) is 0 Å². The number of rotatable bonds is 2. The number of hydrogen-bond acceptors (Lipinski definition) is 4. The first-order valence-electron chi connectivity index (χ1n) is 4.79. The van der Waals surface area contributed by atoms with E-state index in [1.807, 2.05) is 33.8 Å². The summed E-state index contributed by atoms with van der Waals surface area (Å²) in [6.07, 6.45) is 0. The molecule has 0 atom stereocenters. The molecule has 2 N–H and O–H groups in total. The molecule has 5 nitrogen and oxygen atoms in total. The molecule has 5 heteroatoms. The molecule has 1 heterocycles. The first-order chi connectivity index (χ1) is 6.85. The standard InChI is InChI=1S/C10H15N5/c1-6(2)13-9(12)8-7(5-11)14-10(3,4)15-8/h6H,1-4H3,(H2,12,13). The molecule has 1 rings (SSSR count). The summed E-state index contributed by atoms with van der Waals surface area (Å²) < 4.78 is 0. The molecule has 15 heavy (non-hydrogen) atoms. The van der Waals surface area contributed by atoms with Crippen LogP contribution in [0.2, 0.25) is 0 Å². The fourth-order valence-electron chi connectivity index (χ4n) is 1.27. The minimum atomic E-state index is -0.600. The van der Waals surface area contributed by atoms with E-state index in [9.17, 15) is 0 Å². The molecule has 0 aliphatic carbocycles. The van der Waals surface area contributed by atoms with Crippen LogP contribution in [0.15, 0.2) is 15.0 Å². The third-order valence-electron chi connectivity index (χ3n) is 1.74. The van der Waals surface area contributed by atoms with Crippen molar-refractivity contribution >= 4 is 17.3 Å². The Kier molecular flexibility index (Phi) is 2.89. The molecule has 0 bridgehead atoms. The van der Waals surface area contributed by atoms with Gasteiger partial charge in [0.05, 0.1) is 0 Å². The Morgan fingerprint density at radius 1 is 1.47 bits per heavy atom. The van der Waals surface area contributed by atoms with Crippen LogP contribution in [0.4, 0.5) is 0 Å². The van der Waals surface area contributed by atoms with Gasteiger partial charge in [0.15, 0.2) is 5.71 Å². The Bertz CT molecular complexity index is 393. The van der Waals surface area contributed by atoms with Crippen molar-refractivity contribution in [3.63, 3.8) is 0 Å². The number of nitrogens with zero attached hydrogens (tertiary/aromatic N) is 4. The molecule has 0 saturated heterocycles. The van der Waals surface area contributed by atoms with Gasteiger partial charge in [-0.15, -0.1) is 0 Å². The van der Waals surface area contributed by atoms with Gasteiger partial charge in [-0.05, 0) is 27.7 Å². The van der Waals surface area contributed by atoms with Crippen molar-refractivity contribution in [2.24, 2.45) is 20.7 Å². The van der Waals surface area contributed by atoms with E-state index in [4.69, 9.17) is 11.0 Å². The smallest absolute Gasteiger partial charge is 0.166 e. The van der Waals surface area contributed by atoms with Crippen LogP contribution >= 0.6 is 0 Å². The van der Waals surface area contributed by atoms with Crippen molar-refractivity contribution < 1.29 is 0 Å². The van der Waals surface area contributed by atoms with Crippen LogP contribution in [-0.2, 0) is 0 Å². The lowest BCUT2D eigenvalue weighted by Gasteiger charge is -2.07. The average molecular weight is 205 g/mol. The van der Waals surface area contributed by atoms with E-state index in [-0.39, 0.29) is 17.6 Å². The third-order valence-corrected chi connectivity index (χ3v) is 1.74. The Morgan fingerprint density at radius 3 is 2.53 bits per heavy atom. The molecule has 0 aromatic rings. The molecule has 0 unspecified atom stereocenters. The first kappa shape index (κ1) is 11.4. The van der Waals surface area contributed by atoms with Crippen molar-refractivity contribution in [2.45, 2.75) is 39.4 Å². The summed E-state index contributed by atoms with van der Waals surface area (Å²) in [5.74, 6) is 0.288. The van der Waals surface area contributed by atoms with Crippen LogP contribution in [-0.4, -0.2) is 29.0 Å². The number of aliphatic imine (C=N–C) groups is 3. The fraction of sp³-hybridized carbons (Fsp3) is 0.600. The molecule has 0 aromatic carbocycles. The zero-order valence-electron chi connectivity index (χ0n) is 9.44. The monoisotopic (exact) mass is 205 g/mol. The average Bonchev–Trinajstić information content (AvgIpc) is 2.40. The van der Waals surface area contributed by atoms with Crippen LogP contribution in [0, 0.1) is 11.3 Å². The van der Waals surface area contributed by atoms with Gasteiger partial charge in [-0.1, -0.05) is 0 Å². The topological polar surface area (TPSA) is 86.9 Å². The van der Waals surface area contributed by atoms with Crippen LogP contribution in [0.25, 0.3) is 0 Å². The largest absolute Gasteiger partial charge is 0.382 e. The van der Waals surface area contributed by atoms with Gasteiger partial charge in [-0.3, -0.25) is 4.99 Å². The van der Waals surface area contributed by atoms with E-state index < -0.39 is 5.66 Å². The highest BCUT2D eigenvalue weighted by Crippen LogP contribution is 2.18. The van der Waals surface area contributed by atoms with Gasteiger partial charge >= 0.3 is 0 Å². The Balaban J connectivity index is 3.09. The molecule has 0 fully saturated rings. The minimum absolute atomic E-state index is 0.0800. The first-order valence-corrected chi connectivity index (χ1v) is 4.79. The molecule has 1 aliphatic rings. The van der Waals surface area contributed by atoms with Crippen molar-refractivity contribution in [1.29, 1.82) is 5.26 Å². The number of amidine groups is 1. The predicted octanol–water partition coefficient (Wildman–Crippen LogP) is 0.907. The van der Waals surface area contributed by atoms with E-state index in [1.54, 1.807) is 0 Å². The van der Waals surface area contributed by atoms with E-state index in [2.05, 4.69) is 15.0 Å². The lowest BCUT2D eigenvalue weighted by Crippen LogP contribution is -2.30. The van der Waals surface area contributed by atoms with Gasteiger partial charge in [-0.2, -0.15) is 5.26 Å². The maximum absolute atomic E-state index is 8.88. The number of nitriles is 1. The van der Waals surface area contributed by atoms with Gasteiger partial charge in [0.1, 0.15) is 23.3 Å². The maximum atomic E-state index is 8.88. The lowest BCUT2D eigenvalue weighted by molar-refractivity contribution is 0.567. The summed E-state index contributed by atoms with van der Waals surface area (Å²) in [6, 6.07) is 2.06. The van der Waals surface area contributed by atoms with Crippen molar-refractivity contribution in [3.05, 3.63) is 0 Å². The van der Waals surface area contributed by atoms with Crippen molar-refractivity contribution in [1.82, 2.24) is 0 Å². The highest BCUT2D eigenvalue weighted by molar-refractivity contribution is 6.71. The summed E-state index contributed by atoms with van der Waals surface area (Å²) in [6.45, 7) is 7.47. The molecular formula is C10H15N5. The summed E-state index contributed by atoms with van der Waals surface area (Å²) in [7, 11) is 0. The van der Waals surface area contributed by atoms with Gasteiger partial charge in [0.2, 0.25) is 0 Å². The zero-order valence-corrected chi connectivity index (χ0v) is 9.44. The highest BCUT2D eigenvalue weighted by Gasteiger charge is 2.28. The maximum Gasteiger partial charge on any atom is 0.166 e. The van der Waals surface area contributed by atoms with Crippen LogP contribution < -0.4 is 5.73 Å². The van der Waals surface area contributed by atoms with Crippen molar-refractivity contribution in [3.8, 4) is 6.07 Å². The SMILES string of the molecule is CC(C)N=C(N)C1=NC(C)(C)N=C1C#N. The van der Waals surface area contributed by atoms with Gasteiger partial charge in [0.25, 0.3) is 0 Å². The van der Waals surface area contributed by atoms with Crippen LogP contribution in [0.1, 0.15) is 27.7 Å². The molecule has 0 spiro atoms. The van der Waals surface area contributed by atoms with Gasteiger partial charge in [-0.25, -0.2) is 9.98 Å². The summed E-state index contributed by atoms with van der Waals surface area (Å²) in [5.41, 5.74) is 5.83. The predicted molar refractivity (Wildman–Crippen MR) is 61.3 cm³/mol. The summed E-state index contributed by atoms with van der Waals surface area (Å²) >= 11 is 0. The Hall–Kier alpha value is -1.70. The molecule has 0 radical (unpaired) electrons. The fourth-order valence-corrected chi connectivity index (χ4v) is 1.27. The normalized spacial score (nSPS) is 19.9. The van der Waals surface area contributed by atoms with Crippen LogP contribution in [0.5, 0.6) is 0 Å².